The molecule has 4 heterocycles. The molecular weight excluding hydrogens is 640 g/mol. The molecule has 0 aliphatic carbocycles. The third-order valence-corrected chi connectivity index (χ3v) is 9.53. The van der Waals surface area contributed by atoms with Crippen LogP contribution in [0.25, 0.3) is 33.1 Å². The second-order valence-electron chi connectivity index (χ2n) is 15.9. The summed E-state index contributed by atoms with van der Waals surface area (Å²) in [6.45, 7) is 14.6. The predicted octanol–water partition coefficient (Wildman–Crippen LogP) is 8.82. The van der Waals surface area contributed by atoms with Crippen LogP contribution in [-0.4, -0.2) is 66.2 Å². The van der Waals surface area contributed by atoms with Crippen LogP contribution >= 0.6 is 0 Å². The number of nitrogens with zero attached hydrogens (tertiary/aromatic N) is 4. The number of benzene rings is 3. The van der Waals surface area contributed by atoms with E-state index in [1.54, 1.807) is 9.80 Å². The second kappa shape index (κ2) is 12.8. The van der Waals surface area contributed by atoms with Gasteiger partial charge < -0.3 is 19.4 Å². The molecule has 2 aliphatic rings. The van der Waals surface area contributed by atoms with Gasteiger partial charge in [-0.05, 0) is 121 Å². The minimum atomic E-state index is -0.562. The van der Waals surface area contributed by atoms with Gasteiger partial charge in [-0.1, -0.05) is 30.0 Å². The lowest BCUT2D eigenvalue weighted by atomic mass is 9.98. The van der Waals surface area contributed by atoms with Gasteiger partial charge in [-0.25, -0.2) is 19.6 Å². The van der Waals surface area contributed by atoms with Crippen LogP contribution in [0.4, 0.5) is 9.59 Å². The summed E-state index contributed by atoms with van der Waals surface area (Å²) in [5, 5.41) is 2.17. The second-order valence-corrected chi connectivity index (χ2v) is 15.9. The first-order chi connectivity index (χ1) is 24.1. The Bertz CT molecular complexity index is 2190. The van der Waals surface area contributed by atoms with E-state index in [0.29, 0.717) is 13.1 Å². The minimum absolute atomic E-state index is 0.139. The van der Waals surface area contributed by atoms with E-state index in [2.05, 4.69) is 59.1 Å². The maximum Gasteiger partial charge on any atom is 0.411 e. The molecule has 0 unspecified atom stereocenters. The highest BCUT2D eigenvalue weighted by Gasteiger charge is 2.45. The van der Waals surface area contributed by atoms with Crippen LogP contribution in [-0.2, 0) is 15.0 Å². The van der Waals surface area contributed by atoms with Crippen LogP contribution in [0.3, 0.4) is 0 Å². The predicted molar refractivity (Wildman–Crippen MR) is 198 cm³/mol. The largest absolute Gasteiger partial charge is 0.444 e. The van der Waals surface area contributed by atoms with Gasteiger partial charge in [0.25, 0.3) is 0 Å². The summed E-state index contributed by atoms with van der Waals surface area (Å²) in [6.07, 6.45) is 4.75. The summed E-state index contributed by atoms with van der Waals surface area (Å²) in [4.78, 5) is 46.0. The Hall–Kier alpha value is -5.30. The van der Waals surface area contributed by atoms with Crippen molar-refractivity contribution >= 4 is 34.0 Å². The number of hydrogen-bond acceptors (Lipinski definition) is 6. The van der Waals surface area contributed by atoms with Crippen LogP contribution in [0.15, 0.2) is 60.8 Å². The summed E-state index contributed by atoms with van der Waals surface area (Å²) in [5.74, 6) is 8.16. The summed E-state index contributed by atoms with van der Waals surface area (Å²) >= 11 is 0. The molecule has 3 aromatic carbocycles. The van der Waals surface area contributed by atoms with Crippen molar-refractivity contribution in [2.24, 2.45) is 0 Å². The fraction of sp³-hybridized carbons (Fsp3) is 0.415. The number of aromatic amines is 2. The Balaban J connectivity index is 1.06. The van der Waals surface area contributed by atoms with Crippen molar-refractivity contribution in [2.75, 3.05) is 13.1 Å². The SMILES string of the molecule is CC(C)(C)OC(=O)N1CCC[C@H]1c1nc2cc(C#Cc3ccc4cc(-c5c[nH]c([C@@]6(C)CCCN6C(=O)OC(C)(C)C)n5)ccc4c3)ccc2[nH]1. The number of imidazole rings is 2. The van der Waals surface area contributed by atoms with E-state index in [9.17, 15) is 9.59 Å². The lowest BCUT2D eigenvalue weighted by molar-refractivity contribution is 0.00857. The Labute approximate surface area is 298 Å². The molecule has 51 heavy (non-hydrogen) atoms. The van der Waals surface area contributed by atoms with Gasteiger partial charge in [-0.15, -0.1) is 0 Å². The average Bonchev–Trinajstić information content (AvgIpc) is 3.87. The third-order valence-electron chi connectivity index (χ3n) is 9.53. The minimum Gasteiger partial charge on any atom is -0.444 e. The van der Waals surface area contributed by atoms with Crippen LogP contribution in [0, 0.1) is 11.8 Å². The number of rotatable bonds is 3. The highest BCUT2D eigenvalue weighted by atomic mass is 16.6. The van der Waals surface area contributed by atoms with Gasteiger partial charge in [0, 0.05) is 36.0 Å². The quantitative estimate of drug-likeness (QED) is 0.183. The van der Waals surface area contributed by atoms with Crippen LogP contribution in [0.5, 0.6) is 0 Å². The number of carbonyl (C=O) groups excluding carboxylic acids is 2. The number of fused-ring (bicyclic) bond motifs is 2. The Kier molecular flexibility index (Phi) is 8.57. The maximum absolute atomic E-state index is 13.0. The van der Waals surface area contributed by atoms with E-state index in [1.165, 1.54) is 0 Å². The zero-order valence-electron chi connectivity index (χ0n) is 30.5. The highest BCUT2D eigenvalue weighted by Crippen LogP contribution is 2.39. The van der Waals surface area contributed by atoms with Gasteiger partial charge in [-0.3, -0.25) is 9.80 Å². The van der Waals surface area contributed by atoms with Crippen molar-refractivity contribution < 1.29 is 19.1 Å². The van der Waals surface area contributed by atoms with Crippen molar-refractivity contribution in [1.82, 2.24) is 29.7 Å². The van der Waals surface area contributed by atoms with Crippen molar-refractivity contribution in [3.63, 3.8) is 0 Å². The van der Waals surface area contributed by atoms with Crippen molar-refractivity contribution in [1.29, 1.82) is 0 Å². The van der Waals surface area contributed by atoms with E-state index in [0.717, 1.165) is 81.5 Å². The number of amides is 2. The smallest absolute Gasteiger partial charge is 0.411 e. The Morgan fingerprint density at radius 2 is 1.53 bits per heavy atom. The van der Waals surface area contributed by atoms with Gasteiger partial charge in [-0.2, -0.15) is 0 Å². The number of likely N-dealkylation sites (tertiary alicyclic amines) is 2. The molecule has 0 spiro atoms. The maximum atomic E-state index is 13.0. The zero-order chi connectivity index (χ0) is 36.1. The molecule has 0 radical (unpaired) electrons. The lowest BCUT2D eigenvalue weighted by Crippen LogP contribution is -2.46. The normalized spacial score (nSPS) is 19.4. The molecular formula is C41H46N6O4. The molecule has 2 aromatic heterocycles. The molecule has 2 N–H and O–H groups in total. The monoisotopic (exact) mass is 686 g/mol. The van der Waals surface area contributed by atoms with Gasteiger partial charge in [0.05, 0.1) is 22.8 Å². The number of ether oxygens (including phenoxy) is 2. The molecule has 0 saturated carbocycles. The first-order valence-electron chi connectivity index (χ1n) is 17.8. The molecule has 10 nitrogen and oxygen atoms in total. The average molecular weight is 687 g/mol. The van der Waals surface area contributed by atoms with Crippen LogP contribution < -0.4 is 0 Å². The number of hydrogen-bond donors (Lipinski definition) is 2. The molecule has 2 saturated heterocycles. The van der Waals surface area contributed by atoms with E-state index < -0.39 is 16.7 Å². The lowest BCUT2D eigenvalue weighted by Gasteiger charge is -2.34. The molecule has 5 aromatic rings. The molecule has 10 heteroatoms. The standard InChI is InChI=1S/C41H46N6O4/c1-39(2,3)50-37(48)46-20-8-10-34(46)35-43-31-18-14-27(23-32(31)44-35)12-11-26-13-15-29-24-30(17-16-28(29)22-26)33-25-42-36(45-33)41(7)19-9-21-47(41)38(49)51-40(4,5)6/h13-18,22-25,34H,8-10,19-21H2,1-7H3,(H,42,45)(H,43,44)/t34-,41+/m0/s1. The number of aromatic nitrogens is 4. The Morgan fingerprint density at radius 3 is 2.29 bits per heavy atom. The van der Waals surface area contributed by atoms with Crippen molar-refractivity contribution in [3.05, 3.63) is 83.6 Å². The summed E-state index contributed by atoms with van der Waals surface area (Å²) < 4.78 is 11.3. The number of nitrogens with one attached hydrogen (secondary N) is 2. The highest BCUT2D eigenvalue weighted by molar-refractivity contribution is 5.88. The molecule has 0 bridgehead atoms. The third kappa shape index (κ3) is 7.16. The number of carbonyl (C=O) groups is 2. The van der Waals surface area contributed by atoms with Gasteiger partial charge >= 0.3 is 12.2 Å². The summed E-state index contributed by atoms with van der Waals surface area (Å²) in [6, 6.07) is 18.3. The zero-order valence-corrected chi connectivity index (χ0v) is 30.5. The molecule has 2 fully saturated rings. The summed E-state index contributed by atoms with van der Waals surface area (Å²) in [7, 11) is 0. The van der Waals surface area contributed by atoms with Gasteiger partial charge in [0.15, 0.2) is 0 Å². The van der Waals surface area contributed by atoms with E-state index >= 15 is 0 Å². The van der Waals surface area contributed by atoms with Crippen molar-refractivity contribution in [2.45, 2.75) is 96.9 Å². The molecule has 264 valence electrons. The molecule has 2 amide bonds. The Morgan fingerprint density at radius 1 is 0.843 bits per heavy atom. The van der Waals surface area contributed by atoms with E-state index in [1.807, 2.05) is 72.0 Å². The first-order valence-corrected chi connectivity index (χ1v) is 17.8. The number of H-pyrrole nitrogens is 2. The summed E-state index contributed by atoms with van der Waals surface area (Å²) in [5.41, 5.74) is 3.66. The molecule has 2 aliphatic heterocycles. The molecule has 2 atom stereocenters. The van der Waals surface area contributed by atoms with E-state index in [4.69, 9.17) is 19.4 Å². The topological polar surface area (TPSA) is 116 Å². The van der Waals surface area contributed by atoms with Crippen molar-refractivity contribution in [3.8, 4) is 23.1 Å². The fourth-order valence-corrected chi connectivity index (χ4v) is 7.04. The first kappa shape index (κ1) is 34.2. The van der Waals surface area contributed by atoms with Crippen LogP contribution in [0.2, 0.25) is 0 Å². The van der Waals surface area contributed by atoms with Gasteiger partial charge in [0.2, 0.25) is 0 Å². The molecule has 7 rings (SSSR count). The fourth-order valence-electron chi connectivity index (χ4n) is 7.04. The van der Waals surface area contributed by atoms with Crippen LogP contribution in [0.1, 0.15) is 103 Å². The van der Waals surface area contributed by atoms with E-state index in [-0.39, 0.29) is 18.2 Å². The van der Waals surface area contributed by atoms with Gasteiger partial charge in [0.1, 0.15) is 28.4 Å².